The molecule has 5 nitrogen and oxygen atoms in total. The Morgan fingerprint density at radius 1 is 0.306 bits per heavy atom. The summed E-state index contributed by atoms with van der Waals surface area (Å²) in [5.74, 6) is 0. The van der Waals surface area contributed by atoms with Crippen molar-refractivity contribution >= 4 is 21.9 Å². The quantitative estimate of drug-likeness (QED) is 0.183. The van der Waals surface area contributed by atoms with E-state index in [1.807, 2.05) is 97.1 Å². The van der Waals surface area contributed by atoms with Crippen molar-refractivity contribution < 1.29 is 4.42 Å². The fraction of sp³-hybridized carbons (Fsp3) is 0. The number of nitrogens with zero attached hydrogens (tertiary/aromatic N) is 4. The molecule has 230 valence electrons. The van der Waals surface area contributed by atoms with Crippen LogP contribution in [0.2, 0.25) is 0 Å². The molecular weight excluding hydrogens is 601 g/mol. The van der Waals surface area contributed by atoms with Gasteiger partial charge in [0.05, 0.1) is 22.8 Å². The number of fused-ring (bicyclic) bond motifs is 3. The first-order valence-electron chi connectivity index (χ1n) is 16.2. The Kier molecular flexibility index (Phi) is 7.06. The van der Waals surface area contributed by atoms with Crippen molar-refractivity contribution in [1.29, 1.82) is 0 Å². The van der Waals surface area contributed by atoms with Gasteiger partial charge in [-0.25, -0.2) is 0 Å². The third-order valence-electron chi connectivity index (χ3n) is 8.95. The molecular formula is C44H28N4O. The second kappa shape index (κ2) is 12.1. The zero-order valence-corrected chi connectivity index (χ0v) is 26.4. The Morgan fingerprint density at radius 2 is 0.735 bits per heavy atom. The van der Waals surface area contributed by atoms with Gasteiger partial charge in [-0.15, -0.1) is 20.4 Å². The summed E-state index contributed by atoms with van der Waals surface area (Å²) in [6, 6.07) is 57.9. The Balaban J connectivity index is 1.06. The molecule has 0 bridgehead atoms. The SMILES string of the molecule is c1ccc(-c2ccc(-c3ccc(-c4cc(-c5ccc(-c6ccc(-c7ccccc7)nn6)cc5)c5c(c4)oc4ccccc45)cc3)nn2)cc1. The number of hydrogen-bond donors (Lipinski definition) is 0. The molecule has 0 fully saturated rings. The predicted octanol–water partition coefficient (Wildman–Crippen LogP) is 11.2. The summed E-state index contributed by atoms with van der Waals surface area (Å²) in [6.45, 7) is 0. The van der Waals surface area contributed by atoms with Crippen LogP contribution >= 0.6 is 0 Å². The predicted molar refractivity (Wildman–Crippen MR) is 198 cm³/mol. The fourth-order valence-electron chi connectivity index (χ4n) is 6.40. The lowest BCUT2D eigenvalue weighted by Crippen LogP contribution is -1.91. The Labute approximate surface area is 283 Å². The zero-order chi connectivity index (χ0) is 32.6. The highest BCUT2D eigenvalue weighted by Crippen LogP contribution is 2.40. The number of aromatic nitrogens is 4. The van der Waals surface area contributed by atoms with Crippen LogP contribution in [0.4, 0.5) is 0 Å². The topological polar surface area (TPSA) is 64.7 Å². The van der Waals surface area contributed by atoms with E-state index in [9.17, 15) is 0 Å². The average molecular weight is 629 g/mol. The first-order valence-corrected chi connectivity index (χ1v) is 16.2. The zero-order valence-electron chi connectivity index (χ0n) is 26.4. The third kappa shape index (κ3) is 5.43. The summed E-state index contributed by atoms with van der Waals surface area (Å²) in [5, 5.41) is 20.2. The molecule has 0 aliphatic carbocycles. The van der Waals surface area contributed by atoms with E-state index in [1.165, 1.54) is 0 Å². The molecule has 6 aromatic carbocycles. The number of benzene rings is 6. The van der Waals surface area contributed by atoms with E-state index in [2.05, 4.69) is 93.2 Å². The van der Waals surface area contributed by atoms with Crippen molar-refractivity contribution in [2.45, 2.75) is 0 Å². The van der Waals surface area contributed by atoms with Crippen LogP contribution in [0, 0.1) is 0 Å². The highest BCUT2D eigenvalue weighted by atomic mass is 16.3. The van der Waals surface area contributed by atoms with E-state index in [1.54, 1.807) is 0 Å². The highest BCUT2D eigenvalue weighted by molar-refractivity contribution is 6.13. The van der Waals surface area contributed by atoms with Crippen molar-refractivity contribution in [3.05, 3.63) is 170 Å². The van der Waals surface area contributed by atoms with E-state index in [0.717, 1.165) is 89.2 Å². The van der Waals surface area contributed by atoms with E-state index in [0.29, 0.717) is 0 Å². The maximum atomic E-state index is 6.42. The summed E-state index contributed by atoms with van der Waals surface area (Å²) in [6.07, 6.45) is 0. The number of hydrogen-bond acceptors (Lipinski definition) is 5. The van der Waals surface area contributed by atoms with Gasteiger partial charge < -0.3 is 4.42 Å². The molecule has 0 aliphatic rings. The molecule has 0 amide bonds. The Morgan fingerprint density at radius 3 is 1.24 bits per heavy atom. The third-order valence-corrected chi connectivity index (χ3v) is 8.95. The van der Waals surface area contributed by atoms with Gasteiger partial charge in [0.1, 0.15) is 11.2 Å². The van der Waals surface area contributed by atoms with E-state index >= 15 is 0 Å². The minimum absolute atomic E-state index is 0.832. The molecule has 0 saturated heterocycles. The van der Waals surface area contributed by atoms with Crippen molar-refractivity contribution in [3.63, 3.8) is 0 Å². The summed E-state index contributed by atoms with van der Waals surface area (Å²) < 4.78 is 6.42. The molecule has 5 heteroatoms. The average Bonchev–Trinajstić information content (AvgIpc) is 3.57. The second-order valence-electron chi connectivity index (χ2n) is 12.0. The molecule has 0 spiro atoms. The van der Waals surface area contributed by atoms with Gasteiger partial charge in [-0.05, 0) is 64.7 Å². The lowest BCUT2D eigenvalue weighted by atomic mass is 9.93. The standard InChI is InChI=1S/C44H28N4O/c1-3-9-31(10-4-1)38-23-25-40(47-45-38)33-19-15-29(16-20-33)35-27-37(44-36-13-7-8-14-42(36)49-43(44)28-35)30-17-21-34(22-18-30)41-26-24-39(46-48-41)32-11-5-2-6-12-32/h1-28H. The highest BCUT2D eigenvalue weighted by Gasteiger charge is 2.16. The van der Waals surface area contributed by atoms with Crippen molar-refractivity contribution in [3.8, 4) is 67.3 Å². The Bertz CT molecular complexity index is 2540. The maximum absolute atomic E-state index is 6.42. The summed E-state index contributed by atoms with van der Waals surface area (Å²) in [7, 11) is 0. The van der Waals surface area contributed by atoms with Crippen LogP contribution in [-0.2, 0) is 0 Å². The van der Waals surface area contributed by atoms with Crippen LogP contribution in [0.15, 0.2) is 174 Å². The van der Waals surface area contributed by atoms with Gasteiger partial charge in [-0.2, -0.15) is 0 Å². The molecule has 9 aromatic rings. The number of furan rings is 1. The van der Waals surface area contributed by atoms with E-state index < -0.39 is 0 Å². The van der Waals surface area contributed by atoms with Crippen molar-refractivity contribution in [2.24, 2.45) is 0 Å². The molecule has 3 aromatic heterocycles. The molecule has 0 atom stereocenters. The van der Waals surface area contributed by atoms with Gasteiger partial charge in [0.15, 0.2) is 0 Å². The number of para-hydroxylation sites is 1. The molecule has 9 rings (SSSR count). The molecule has 0 saturated carbocycles. The van der Waals surface area contributed by atoms with Crippen molar-refractivity contribution in [2.75, 3.05) is 0 Å². The van der Waals surface area contributed by atoms with Crippen LogP contribution < -0.4 is 0 Å². The maximum Gasteiger partial charge on any atom is 0.136 e. The minimum atomic E-state index is 0.832. The van der Waals surface area contributed by atoms with Gasteiger partial charge in [-0.1, -0.05) is 127 Å². The van der Waals surface area contributed by atoms with Gasteiger partial charge in [0.25, 0.3) is 0 Å². The minimum Gasteiger partial charge on any atom is -0.456 e. The first kappa shape index (κ1) is 28.5. The molecule has 0 N–H and O–H groups in total. The monoisotopic (exact) mass is 628 g/mol. The normalized spacial score (nSPS) is 11.3. The molecule has 0 unspecified atom stereocenters. The summed E-state index contributed by atoms with van der Waals surface area (Å²) >= 11 is 0. The van der Waals surface area contributed by atoms with Crippen LogP contribution in [0.5, 0.6) is 0 Å². The summed E-state index contributed by atoms with van der Waals surface area (Å²) in [5.41, 5.74) is 13.6. The first-order chi connectivity index (χ1) is 24.3. The summed E-state index contributed by atoms with van der Waals surface area (Å²) in [4.78, 5) is 0. The lowest BCUT2D eigenvalue weighted by molar-refractivity contribution is 0.669. The van der Waals surface area contributed by atoms with Crippen LogP contribution in [0.3, 0.4) is 0 Å². The van der Waals surface area contributed by atoms with Crippen LogP contribution in [0.25, 0.3) is 89.2 Å². The van der Waals surface area contributed by atoms with Gasteiger partial charge in [0.2, 0.25) is 0 Å². The van der Waals surface area contributed by atoms with Gasteiger partial charge in [0, 0.05) is 33.0 Å². The van der Waals surface area contributed by atoms with E-state index in [4.69, 9.17) is 4.42 Å². The fourth-order valence-corrected chi connectivity index (χ4v) is 6.40. The van der Waals surface area contributed by atoms with Crippen LogP contribution in [0.1, 0.15) is 0 Å². The molecule has 3 heterocycles. The Hall–Kier alpha value is -6.72. The van der Waals surface area contributed by atoms with Gasteiger partial charge in [-0.3, -0.25) is 0 Å². The smallest absolute Gasteiger partial charge is 0.136 e. The second-order valence-corrected chi connectivity index (χ2v) is 12.0. The lowest BCUT2D eigenvalue weighted by Gasteiger charge is -2.10. The van der Waals surface area contributed by atoms with Crippen LogP contribution in [-0.4, -0.2) is 20.4 Å². The number of rotatable bonds is 6. The largest absolute Gasteiger partial charge is 0.456 e. The molecule has 0 radical (unpaired) electrons. The van der Waals surface area contributed by atoms with Gasteiger partial charge >= 0.3 is 0 Å². The van der Waals surface area contributed by atoms with E-state index in [-0.39, 0.29) is 0 Å². The van der Waals surface area contributed by atoms with Crippen molar-refractivity contribution in [1.82, 2.24) is 20.4 Å². The molecule has 49 heavy (non-hydrogen) atoms. The molecule has 0 aliphatic heterocycles.